The third-order valence-electron chi connectivity index (χ3n) is 6.51. The van der Waals surface area contributed by atoms with Gasteiger partial charge in [0, 0.05) is 18.7 Å². The number of amides is 1. The van der Waals surface area contributed by atoms with Crippen LogP contribution in [0.25, 0.3) is 11.1 Å². The minimum atomic E-state index is -2.55. The van der Waals surface area contributed by atoms with E-state index in [2.05, 4.69) is 0 Å². The van der Waals surface area contributed by atoms with Crippen LogP contribution < -0.4 is 9.04 Å². The molecular weight excluding hydrogens is 480 g/mol. The summed E-state index contributed by atoms with van der Waals surface area (Å²) in [5.41, 5.74) is 2.73. The summed E-state index contributed by atoms with van der Waals surface area (Å²) in [5.74, 6) is -0.945. The maximum absolute atomic E-state index is 12.8. The Balaban J connectivity index is 1.51. The number of carboxylic acids is 1. The second-order valence-corrected chi connectivity index (χ2v) is 9.47. The van der Waals surface area contributed by atoms with Crippen LogP contribution in [0.2, 0.25) is 0 Å². The van der Waals surface area contributed by atoms with E-state index in [0.29, 0.717) is 37.2 Å². The molecule has 0 aliphatic carbocycles. The highest BCUT2D eigenvalue weighted by atomic mass is 32.2. The monoisotopic (exact) mass is 508 g/mol. The van der Waals surface area contributed by atoms with Crippen LogP contribution in [-0.4, -0.2) is 56.9 Å². The number of hydrogen-bond acceptors (Lipinski definition) is 4. The van der Waals surface area contributed by atoms with Crippen molar-refractivity contribution in [1.29, 1.82) is 0 Å². The van der Waals surface area contributed by atoms with Crippen molar-refractivity contribution in [1.82, 2.24) is 4.90 Å². The third-order valence-corrected chi connectivity index (χ3v) is 7.29. The summed E-state index contributed by atoms with van der Waals surface area (Å²) >= 11 is -2.55. The first-order chi connectivity index (χ1) is 17.4. The van der Waals surface area contributed by atoms with Crippen LogP contribution in [0, 0.1) is 5.92 Å². The number of piperidine rings is 1. The predicted octanol–water partition coefficient (Wildman–Crippen LogP) is 4.31. The molecule has 1 aliphatic heterocycles. The summed E-state index contributed by atoms with van der Waals surface area (Å²) in [6, 6.07) is 22.1. The van der Waals surface area contributed by atoms with Gasteiger partial charge in [0.2, 0.25) is 0 Å². The highest BCUT2D eigenvalue weighted by molar-refractivity contribution is 7.80. The first-order valence-electron chi connectivity index (χ1n) is 11.6. The van der Waals surface area contributed by atoms with Gasteiger partial charge in [-0.3, -0.25) is 13.7 Å². The van der Waals surface area contributed by atoms with Crippen LogP contribution in [0.4, 0.5) is 5.69 Å². The van der Waals surface area contributed by atoms with E-state index in [9.17, 15) is 23.5 Å². The molecule has 2 atom stereocenters. The zero-order valence-electron chi connectivity index (χ0n) is 19.8. The number of ether oxygens (including phenoxy) is 1. The minimum Gasteiger partial charge on any atom is -0.497 e. The molecule has 188 valence electrons. The zero-order valence-corrected chi connectivity index (χ0v) is 20.6. The molecule has 0 saturated carbocycles. The normalized spacial score (nSPS) is 15.7. The Kier molecular flexibility index (Phi) is 8.02. The van der Waals surface area contributed by atoms with Crippen molar-refractivity contribution < 1.29 is 28.2 Å². The topological polar surface area (TPSA) is 107 Å². The average molecular weight is 509 g/mol. The Morgan fingerprint density at radius 2 is 1.50 bits per heavy atom. The van der Waals surface area contributed by atoms with Crippen LogP contribution in [0.5, 0.6) is 5.75 Å². The van der Waals surface area contributed by atoms with Crippen LogP contribution >= 0.6 is 0 Å². The lowest BCUT2D eigenvalue weighted by atomic mass is 9.88. The number of carboxylic acid groups (broad SMARTS) is 1. The maximum Gasteiger partial charge on any atom is 0.327 e. The van der Waals surface area contributed by atoms with Crippen LogP contribution in [0.15, 0.2) is 78.9 Å². The molecule has 4 rings (SSSR count). The van der Waals surface area contributed by atoms with E-state index >= 15 is 0 Å². The summed E-state index contributed by atoms with van der Waals surface area (Å²) in [6.07, 6.45) is 0.820. The lowest BCUT2D eigenvalue weighted by Gasteiger charge is -2.38. The van der Waals surface area contributed by atoms with Crippen LogP contribution in [0.1, 0.15) is 23.2 Å². The van der Waals surface area contributed by atoms with E-state index in [1.807, 2.05) is 30.3 Å². The number of methoxy groups -OCH3 is 1. The average Bonchev–Trinajstić information content (AvgIpc) is 2.91. The number of nitrogens with zero attached hydrogens (tertiary/aromatic N) is 2. The molecule has 0 spiro atoms. The molecule has 0 bridgehead atoms. The van der Waals surface area contributed by atoms with Gasteiger partial charge in [0.1, 0.15) is 11.8 Å². The predicted molar refractivity (Wildman–Crippen MR) is 138 cm³/mol. The van der Waals surface area contributed by atoms with Crippen LogP contribution in [0.3, 0.4) is 0 Å². The Morgan fingerprint density at radius 3 is 2.00 bits per heavy atom. The van der Waals surface area contributed by atoms with Gasteiger partial charge in [-0.25, -0.2) is 9.00 Å². The summed E-state index contributed by atoms with van der Waals surface area (Å²) in [7, 11) is 1.59. The Hall–Kier alpha value is -3.69. The summed E-state index contributed by atoms with van der Waals surface area (Å²) in [4.78, 5) is 26.8. The summed E-state index contributed by atoms with van der Waals surface area (Å²) in [6.45, 7) is 0.759. The number of benzene rings is 3. The molecular formula is C27H28N2O6S. The van der Waals surface area contributed by atoms with Gasteiger partial charge in [0.05, 0.1) is 12.8 Å². The first kappa shape index (κ1) is 25.4. The molecule has 1 amide bonds. The number of likely N-dealkylation sites (tertiary alicyclic amines) is 1. The van der Waals surface area contributed by atoms with Gasteiger partial charge in [-0.1, -0.05) is 42.5 Å². The van der Waals surface area contributed by atoms with Gasteiger partial charge in [-0.05, 0) is 66.3 Å². The summed E-state index contributed by atoms with van der Waals surface area (Å²) in [5, 5.41) is 10.1. The number of hydrogen-bond donors (Lipinski definition) is 2. The summed E-state index contributed by atoms with van der Waals surface area (Å²) < 4.78 is 28.7. The van der Waals surface area contributed by atoms with Crippen molar-refractivity contribution in [3.8, 4) is 16.9 Å². The van der Waals surface area contributed by atoms with E-state index in [1.54, 1.807) is 60.5 Å². The van der Waals surface area contributed by atoms with E-state index in [-0.39, 0.29) is 5.91 Å². The Labute approximate surface area is 212 Å². The molecule has 36 heavy (non-hydrogen) atoms. The SMILES string of the molecule is COc1ccc(-c2ccc(N(C(C(=O)O)C3CCN(C(=O)c4ccccc4)CC3)S(=O)O)cc2)cc1. The molecule has 0 aromatic heterocycles. The van der Waals surface area contributed by atoms with Crippen molar-refractivity contribution >= 4 is 28.8 Å². The largest absolute Gasteiger partial charge is 0.497 e. The van der Waals surface area contributed by atoms with Gasteiger partial charge in [-0.2, -0.15) is 0 Å². The fourth-order valence-electron chi connectivity index (χ4n) is 4.61. The molecule has 3 aromatic carbocycles. The Morgan fingerprint density at radius 1 is 0.944 bits per heavy atom. The second-order valence-electron chi connectivity index (χ2n) is 8.61. The quantitative estimate of drug-likeness (QED) is 0.439. The van der Waals surface area contributed by atoms with Crippen molar-refractivity contribution in [3.05, 3.63) is 84.4 Å². The van der Waals surface area contributed by atoms with Crippen molar-refractivity contribution in [2.45, 2.75) is 18.9 Å². The standard InChI is InChI=1S/C27H28N2O6S/c1-35-24-13-9-20(10-14-24)19-7-11-23(12-8-19)29(36(33)34)25(27(31)32)21-15-17-28(18-16-21)26(30)22-5-3-2-4-6-22/h2-14,21,25H,15-18H2,1H3,(H,31,32)(H,33,34). The smallest absolute Gasteiger partial charge is 0.327 e. The number of anilines is 1. The van der Waals surface area contributed by atoms with E-state index < -0.39 is 29.2 Å². The van der Waals surface area contributed by atoms with Crippen molar-refractivity contribution in [3.63, 3.8) is 0 Å². The maximum atomic E-state index is 12.8. The molecule has 2 unspecified atom stereocenters. The van der Waals surface area contributed by atoms with Gasteiger partial charge in [0.15, 0.2) is 0 Å². The first-order valence-corrected chi connectivity index (χ1v) is 12.7. The minimum absolute atomic E-state index is 0.0994. The second kappa shape index (κ2) is 11.4. The molecule has 1 heterocycles. The molecule has 3 aromatic rings. The lowest BCUT2D eigenvalue weighted by molar-refractivity contribution is -0.140. The number of carbonyl (C=O) groups excluding carboxylic acids is 1. The fourth-order valence-corrected chi connectivity index (χ4v) is 5.37. The number of carbonyl (C=O) groups is 2. The molecule has 8 nitrogen and oxygen atoms in total. The highest BCUT2D eigenvalue weighted by Gasteiger charge is 2.39. The molecule has 1 aliphatic rings. The van der Waals surface area contributed by atoms with Gasteiger partial charge in [-0.15, -0.1) is 0 Å². The lowest BCUT2D eigenvalue weighted by Crippen LogP contribution is -2.51. The Bertz CT molecular complexity index is 1210. The third kappa shape index (κ3) is 5.58. The number of aliphatic carboxylic acids is 1. The molecule has 0 radical (unpaired) electrons. The van der Waals surface area contributed by atoms with Crippen molar-refractivity contribution in [2.24, 2.45) is 5.92 Å². The van der Waals surface area contributed by atoms with Crippen LogP contribution in [-0.2, 0) is 16.1 Å². The molecule has 1 fully saturated rings. The van der Waals surface area contributed by atoms with E-state index in [4.69, 9.17) is 4.74 Å². The highest BCUT2D eigenvalue weighted by Crippen LogP contribution is 2.31. The number of rotatable bonds is 8. The molecule has 2 N–H and O–H groups in total. The van der Waals surface area contributed by atoms with Gasteiger partial charge < -0.3 is 14.7 Å². The van der Waals surface area contributed by atoms with E-state index in [1.165, 1.54) is 0 Å². The molecule has 9 heteroatoms. The molecule has 1 saturated heterocycles. The van der Waals surface area contributed by atoms with Gasteiger partial charge >= 0.3 is 5.97 Å². The zero-order chi connectivity index (χ0) is 25.7. The fraction of sp³-hybridized carbons (Fsp3) is 0.259. The van der Waals surface area contributed by atoms with Crippen molar-refractivity contribution in [2.75, 3.05) is 24.5 Å². The van der Waals surface area contributed by atoms with E-state index in [0.717, 1.165) is 21.2 Å². The van der Waals surface area contributed by atoms with Gasteiger partial charge in [0.25, 0.3) is 17.2 Å².